The van der Waals surface area contributed by atoms with Crippen molar-refractivity contribution in [2.24, 2.45) is 5.73 Å². The molecule has 2 aromatic rings. The lowest BCUT2D eigenvalue weighted by molar-refractivity contribution is 0.114. The first-order valence-corrected chi connectivity index (χ1v) is 9.39. The second-order valence-corrected chi connectivity index (χ2v) is 8.14. The summed E-state index contributed by atoms with van der Waals surface area (Å²) < 4.78 is 5.76. The van der Waals surface area contributed by atoms with Crippen LogP contribution in [0.1, 0.15) is 45.6 Å². The van der Waals surface area contributed by atoms with Crippen LogP contribution in [0.2, 0.25) is 0 Å². The van der Waals surface area contributed by atoms with Crippen LogP contribution in [0.15, 0.2) is 23.8 Å². The van der Waals surface area contributed by atoms with E-state index in [1.165, 1.54) is 11.3 Å². The molecule has 0 radical (unpaired) electrons. The highest BCUT2D eigenvalue weighted by atomic mass is 32.1. The van der Waals surface area contributed by atoms with Crippen molar-refractivity contribution in [1.29, 1.82) is 0 Å². The van der Waals surface area contributed by atoms with Crippen molar-refractivity contribution in [3.63, 3.8) is 0 Å². The fourth-order valence-electron chi connectivity index (χ4n) is 3.09. The van der Waals surface area contributed by atoms with Crippen LogP contribution in [0.25, 0.3) is 10.7 Å². The molecule has 25 heavy (non-hydrogen) atoms. The lowest BCUT2D eigenvalue weighted by Gasteiger charge is -2.32. The molecule has 0 aromatic carbocycles. The minimum Gasteiger partial charge on any atom is -0.410 e. The molecule has 3 rings (SSSR count). The zero-order chi connectivity index (χ0) is 18.0. The van der Waals surface area contributed by atoms with Gasteiger partial charge >= 0.3 is 6.09 Å². The lowest BCUT2D eigenvalue weighted by atomic mass is 9.85. The minimum absolute atomic E-state index is 0.255. The Kier molecular flexibility index (Phi) is 5.06. The Hall–Kier alpha value is -1.99. The maximum Gasteiger partial charge on any atom is 0.416 e. The molecule has 7 heteroatoms. The van der Waals surface area contributed by atoms with Gasteiger partial charge in [-0.1, -0.05) is 20.8 Å². The maximum atomic E-state index is 12.6. The first-order valence-electron chi connectivity index (χ1n) is 8.51. The second kappa shape index (κ2) is 7.09. The molecule has 1 amide bonds. The number of likely N-dealkylation sites (tertiary alicyclic amines) is 1. The SMILES string of the molecule is CC(C)(C)c1c(OC(=O)N2CCCCC2N)ccnc1-c1nccs1. The van der Waals surface area contributed by atoms with Crippen LogP contribution in [-0.4, -0.2) is 33.7 Å². The minimum atomic E-state index is -0.394. The number of amides is 1. The third-order valence-electron chi connectivity index (χ3n) is 4.28. The number of rotatable bonds is 2. The highest BCUT2D eigenvalue weighted by Gasteiger charge is 2.30. The summed E-state index contributed by atoms with van der Waals surface area (Å²) in [4.78, 5) is 23.1. The maximum absolute atomic E-state index is 12.6. The van der Waals surface area contributed by atoms with Gasteiger partial charge in [-0.05, 0) is 30.7 Å². The van der Waals surface area contributed by atoms with Gasteiger partial charge < -0.3 is 10.5 Å². The Bertz CT molecular complexity index is 740. The van der Waals surface area contributed by atoms with Gasteiger partial charge in [0.2, 0.25) is 0 Å². The summed E-state index contributed by atoms with van der Waals surface area (Å²) in [5, 5.41) is 2.73. The molecule has 6 nitrogen and oxygen atoms in total. The molecular formula is C18H24N4O2S. The van der Waals surface area contributed by atoms with Gasteiger partial charge in [0, 0.05) is 29.9 Å². The van der Waals surface area contributed by atoms with Gasteiger partial charge in [0.15, 0.2) is 0 Å². The number of nitrogens with zero attached hydrogens (tertiary/aromatic N) is 3. The third-order valence-corrected chi connectivity index (χ3v) is 5.06. The van der Waals surface area contributed by atoms with E-state index in [2.05, 4.69) is 30.7 Å². The van der Waals surface area contributed by atoms with E-state index in [1.54, 1.807) is 23.4 Å². The van der Waals surface area contributed by atoms with Crippen LogP contribution < -0.4 is 10.5 Å². The van der Waals surface area contributed by atoms with Crippen LogP contribution >= 0.6 is 11.3 Å². The monoisotopic (exact) mass is 360 g/mol. The van der Waals surface area contributed by atoms with Gasteiger partial charge in [0.1, 0.15) is 16.5 Å². The van der Waals surface area contributed by atoms with Gasteiger partial charge in [-0.3, -0.25) is 9.88 Å². The van der Waals surface area contributed by atoms with Crippen molar-refractivity contribution < 1.29 is 9.53 Å². The fraction of sp³-hybridized carbons (Fsp3) is 0.500. The van der Waals surface area contributed by atoms with Gasteiger partial charge in [0.25, 0.3) is 0 Å². The Balaban J connectivity index is 1.96. The van der Waals surface area contributed by atoms with Crippen LogP contribution in [0.5, 0.6) is 5.75 Å². The summed E-state index contributed by atoms with van der Waals surface area (Å²) in [7, 11) is 0. The van der Waals surface area contributed by atoms with Crippen LogP contribution in [0, 0.1) is 0 Å². The Morgan fingerprint density at radius 3 is 2.76 bits per heavy atom. The largest absolute Gasteiger partial charge is 0.416 e. The first kappa shape index (κ1) is 17.8. The number of pyridine rings is 1. The van der Waals surface area contributed by atoms with Crippen molar-refractivity contribution in [1.82, 2.24) is 14.9 Å². The molecule has 1 saturated heterocycles. The third kappa shape index (κ3) is 3.82. The number of aromatic nitrogens is 2. The average Bonchev–Trinajstić information content (AvgIpc) is 3.08. The van der Waals surface area contributed by atoms with Gasteiger partial charge in [-0.15, -0.1) is 11.3 Å². The normalized spacial score (nSPS) is 18.2. The van der Waals surface area contributed by atoms with Crippen LogP contribution in [0.3, 0.4) is 0 Å². The van der Waals surface area contributed by atoms with E-state index >= 15 is 0 Å². The molecule has 2 aromatic heterocycles. The zero-order valence-corrected chi connectivity index (χ0v) is 15.7. The van der Waals surface area contributed by atoms with E-state index in [1.807, 2.05) is 5.38 Å². The number of hydrogen-bond acceptors (Lipinski definition) is 6. The molecule has 0 saturated carbocycles. The van der Waals surface area contributed by atoms with Crippen molar-refractivity contribution in [2.45, 2.75) is 51.6 Å². The standard InChI is InChI=1S/C18H24N4O2S/c1-18(2,3)14-12(7-8-20-15(14)16-21-9-11-25-16)24-17(23)22-10-5-4-6-13(22)19/h7-9,11,13H,4-6,10,19H2,1-3H3. The van der Waals surface area contributed by atoms with Crippen molar-refractivity contribution in [2.75, 3.05) is 6.54 Å². The van der Waals surface area contributed by atoms with Gasteiger partial charge in [-0.25, -0.2) is 9.78 Å². The highest BCUT2D eigenvalue weighted by Crippen LogP contribution is 2.39. The van der Waals surface area contributed by atoms with E-state index in [9.17, 15) is 4.79 Å². The molecule has 1 fully saturated rings. The number of carbonyl (C=O) groups is 1. The fourth-order valence-corrected chi connectivity index (χ4v) is 3.73. The number of piperidine rings is 1. The number of hydrogen-bond donors (Lipinski definition) is 1. The molecule has 0 bridgehead atoms. The molecule has 0 spiro atoms. The van der Waals surface area contributed by atoms with Gasteiger partial charge in [-0.2, -0.15) is 0 Å². The topological polar surface area (TPSA) is 81.3 Å². The zero-order valence-electron chi connectivity index (χ0n) is 14.9. The Morgan fingerprint density at radius 2 is 2.12 bits per heavy atom. The highest BCUT2D eigenvalue weighted by molar-refractivity contribution is 7.13. The molecule has 1 aliphatic heterocycles. The summed E-state index contributed by atoms with van der Waals surface area (Å²) in [6, 6.07) is 1.74. The number of thiazole rings is 1. The van der Waals surface area contributed by atoms with Crippen LogP contribution in [0.4, 0.5) is 4.79 Å². The lowest BCUT2D eigenvalue weighted by Crippen LogP contribution is -2.49. The molecule has 1 unspecified atom stereocenters. The number of ether oxygens (including phenoxy) is 1. The van der Waals surface area contributed by atoms with E-state index in [0.29, 0.717) is 12.3 Å². The van der Waals surface area contributed by atoms with Crippen molar-refractivity contribution in [3.05, 3.63) is 29.4 Å². The molecule has 1 atom stereocenters. The predicted octanol–water partition coefficient (Wildman–Crippen LogP) is 3.77. The second-order valence-electron chi connectivity index (χ2n) is 7.24. The molecular weight excluding hydrogens is 336 g/mol. The summed E-state index contributed by atoms with van der Waals surface area (Å²) in [6.07, 6.45) is 5.54. The predicted molar refractivity (Wildman–Crippen MR) is 98.6 cm³/mol. The van der Waals surface area contributed by atoms with Crippen molar-refractivity contribution >= 4 is 17.4 Å². The van der Waals surface area contributed by atoms with Crippen molar-refractivity contribution in [3.8, 4) is 16.5 Å². The summed E-state index contributed by atoms with van der Waals surface area (Å²) >= 11 is 1.52. The summed E-state index contributed by atoms with van der Waals surface area (Å²) in [6.45, 7) is 6.86. The molecule has 3 heterocycles. The summed E-state index contributed by atoms with van der Waals surface area (Å²) in [5.41, 5.74) is 7.45. The van der Waals surface area contributed by atoms with Gasteiger partial charge in [0.05, 0.1) is 6.17 Å². The molecule has 0 aliphatic carbocycles. The van der Waals surface area contributed by atoms with E-state index in [0.717, 1.165) is 35.5 Å². The Morgan fingerprint density at radius 1 is 1.32 bits per heavy atom. The number of nitrogens with two attached hydrogens (primary N) is 1. The van der Waals surface area contributed by atoms with E-state index in [4.69, 9.17) is 10.5 Å². The van der Waals surface area contributed by atoms with E-state index in [-0.39, 0.29) is 11.6 Å². The van der Waals surface area contributed by atoms with Crippen LogP contribution in [-0.2, 0) is 5.41 Å². The first-order chi connectivity index (χ1) is 11.9. The number of carbonyl (C=O) groups excluding carboxylic acids is 1. The summed E-state index contributed by atoms with van der Waals surface area (Å²) in [5.74, 6) is 0.524. The van der Waals surface area contributed by atoms with E-state index < -0.39 is 6.09 Å². The average molecular weight is 360 g/mol. The quantitative estimate of drug-likeness (QED) is 0.881. The smallest absolute Gasteiger partial charge is 0.410 e. The molecule has 1 aliphatic rings. The molecule has 2 N–H and O–H groups in total. The Labute approximate surface area is 152 Å². The molecule has 134 valence electrons.